The molecule has 0 aliphatic heterocycles. The number of aromatic nitrogens is 1. The molecule has 0 aliphatic rings. The fourth-order valence-electron chi connectivity index (χ4n) is 2.79. The van der Waals surface area contributed by atoms with Crippen LogP contribution in [0, 0.1) is 20.8 Å². The summed E-state index contributed by atoms with van der Waals surface area (Å²) in [6, 6.07) is 7.72. The average Bonchev–Trinajstić information content (AvgIpc) is 2.91. The minimum atomic E-state index is -0.399. The minimum absolute atomic E-state index is 0.169. The monoisotopic (exact) mass is 453 g/mol. The molecule has 7 heteroatoms. The van der Waals surface area contributed by atoms with Gasteiger partial charge in [-0.05, 0) is 50.6 Å². The van der Waals surface area contributed by atoms with Gasteiger partial charge in [0.25, 0.3) is 0 Å². The number of halogens is 1. The van der Waals surface area contributed by atoms with E-state index in [1.165, 1.54) is 11.8 Å². The maximum absolute atomic E-state index is 12.4. The topological polar surface area (TPSA) is 57.5 Å². The van der Waals surface area contributed by atoms with E-state index >= 15 is 0 Å². The predicted octanol–water partition coefficient (Wildman–Crippen LogP) is 4.34. The van der Waals surface area contributed by atoms with Crippen molar-refractivity contribution in [1.82, 2.24) is 4.57 Å². The van der Waals surface area contributed by atoms with Crippen LogP contribution in [0.1, 0.15) is 27.3 Å². The molecule has 0 saturated carbocycles. The van der Waals surface area contributed by atoms with E-state index in [0.29, 0.717) is 18.7 Å². The summed E-state index contributed by atoms with van der Waals surface area (Å²) in [5.74, 6) is -0.420. The Balaban J connectivity index is 1.88. The van der Waals surface area contributed by atoms with E-state index in [4.69, 9.17) is 9.47 Å². The number of hydrogen-bond acceptors (Lipinski definition) is 5. The molecule has 5 nitrogen and oxygen atoms in total. The Morgan fingerprint density at radius 3 is 2.59 bits per heavy atom. The largest absolute Gasteiger partial charge is 0.457 e. The predicted molar refractivity (Wildman–Crippen MR) is 111 cm³/mol. The third-order valence-corrected chi connectivity index (χ3v) is 5.88. The van der Waals surface area contributed by atoms with Crippen molar-refractivity contribution in [2.24, 2.45) is 0 Å². The molecule has 146 valence electrons. The fourth-order valence-corrected chi connectivity index (χ4v) is 4.07. The van der Waals surface area contributed by atoms with Crippen molar-refractivity contribution < 1.29 is 19.1 Å². The van der Waals surface area contributed by atoms with Gasteiger partial charge in [-0.15, -0.1) is 11.8 Å². The van der Waals surface area contributed by atoms with Crippen molar-refractivity contribution in [1.29, 1.82) is 0 Å². The van der Waals surface area contributed by atoms with E-state index in [2.05, 4.69) is 15.9 Å². The first-order chi connectivity index (χ1) is 12.8. The molecular formula is C20H24BrNO4S. The Morgan fingerprint density at radius 1 is 1.19 bits per heavy atom. The number of aryl methyl sites for hydroxylation is 2. The zero-order valence-corrected chi connectivity index (χ0v) is 18.4. The van der Waals surface area contributed by atoms with Crippen LogP contribution in [0.3, 0.4) is 0 Å². The molecule has 0 radical (unpaired) electrons. The number of thioether (sulfide) groups is 1. The van der Waals surface area contributed by atoms with Crippen LogP contribution >= 0.6 is 27.7 Å². The maximum Gasteiger partial charge on any atom is 0.316 e. The molecule has 1 aromatic carbocycles. The summed E-state index contributed by atoms with van der Waals surface area (Å²) in [5.41, 5.74) is 3.53. The van der Waals surface area contributed by atoms with Crippen LogP contribution in [0.4, 0.5) is 0 Å². The highest BCUT2D eigenvalue weighted by Crippen LogP contribution is 2.25. The molecule has 0 spiro atoms. The molecule has 2 rings (SSSR count). The van der Waals surface area contributed by atoms with Crippen LogP contribution in [-0.4, -0.2) is 42.4 Å². The van der Waals surface area contributed by atoms with Crippen molar-refractivity contribution >= 4 is 39.4 Å². The highest BCUT2D eigenvalue weighted by Gasteiger charge is 2.17. The number of carbonyl (C=O) groups excluding carboxylic acids is 2. The summed E-state index contributed by atoms with van der Waals surface area (Å²) in [6.45, 7) is 6.84. The first kappa shape index (κ1) is 21.7. The number of nitrogens with zero attached hydrogens (tertiary/aromatic N) is 1. The number of methoxy groups -OCH3 is 1. The van der Waals surface area contributed by atoms with Crippen LogP contribution in [0.2, 0.25) is 0 Å². The van der Waals surface area contributed by atoms with Crippen molar-refractivity contribution in [3.05, 3.63) is 51.3 Å². The van der Waals surface area contributed by atoms with Crippen molar-refractivity contribution in [3.63, 3.8) is 0 Å². The third-order valence-electron chi connectivity index (χ3n) is 4.24. The first-order valence-corrected chi connectivity index (χ1v) is 10.3. The number of benzene rings is 1. The molecule has 0 amide bonds. The molecule has 1 aromatic heterocycles. The molecule has 0 bridgehead atoms. The van der Waals surface area contributed by atoms with Gasteiger partial charge in [0, 0.05) is 40.0 Å². The Morgan fingerprint density at radius 2 is 1.93 bits per heavy atom. The molecular weight excluding hydrogens is 430 g/mol. The van der Waals surface area contributed by atoms with Crippen LogP contribution in [0.25, 0.3) is 0 Å². The smallest absolute Gasteiger partial charge is 0.316 e. The van der Waals surface area contributed by atoms with Gasteiger partial charge in [0.05, 0.1) is 12.4 Å². The number of Topliss-reactive ketones (excluding diaryl/α,β-unsaturated/α-hetero) is 1. The number of hydrogen-bond donors (Lipinski definition) is 0. The lowest BCUT2D eigenvalue weighted by Crippen LogP contribution is -2.16. The van der Waals surface area contributed by atoms with Gasteiger partial charge in [-0.1, -0.05) is 15.9 Å². The van der Waals surface area contributed by atoms with E-state index in [0.717, 1.165) is 26.3 Å². The standard InChI is InChI=1S/C20H24BrNO4S/c1-13-9-16(21)5-6-19(13)27-12-20(24)26-11-18(23)17-10-14(2)22(15(17)3)7-8-25-4/h5-6,9-10H,7-8,11-12H2,1-4H3. The van der Waals surface area contributed by atoms with Crippen LogP contribution in [0.5, 0.6) is 0 Å². The average molecular weight is 454 g/mol. The zero-order valence-electron chi connectivity index (χ0n) is 16.0. The second-order valence-electron chi connectivity index (χ2n) is 6.21. The Hall–Kier alpha value is -1.57. The molecule has 0 saturated heterocycles. The number of ether oxygens (including phenoxy) is 2. The second kappa shape index (κ2) is 10.1. The van der Waals surface area contributed by atoms with E-state index in [-0.39, 0.29) is 18.1 Å². The molecule has 27 heavy (non-hydrogen) atoms. The SMILES string of the molecule is COCCn1c(C)cc(C(=O)COC(=O)CSc2ccc(Br)cc2C)c1C. The summed E-state index contributed by atoms with van der Waals surface area (Å²) in [4.78, 5) is 25.5. The Bertz CT molecular complexity index is 832. The molecule has 0 N–H and O–H groups in total. The molecule has 0 fully saturated rings. The summed E-state index contributed by atoms with van der Waals surface area (Å²) < 4.78 is 13.3. The lowest BCUT2D eigenvalue weighted by molar-refractivity contribution is -0.139. The second-order valence-corrected chi connectivity index (χ2v) is 8.14. The number of carbonyl (C=O) groups is 2. The van der Waals surface area contributed by atoms with Crippen molar-refractivity contribution in [2.45, 2.75) is 32.2 Å². The van der Waals surface area contributed by atoms with E-state index in [1.807, 2.05) is 49.6 Å². The summed E-state index contributed by atoms with van der Waals surface area (Å²) in [6.07, 6.45) is 0. The van der Waals surface area contributed by atoms with Gasteiger partial charge < -0.3 is 14.0 Å². The lowest BCUT2D eigenvalue weighted by atomic mass is 10.1. The van der Waals surface area contributed by atoms with Gasteiger partial charge in [0.15, 0.2) is 6.61 Å². The van der Waals surface area contributed by atoms with Crippen LogP contribution in [-0.2, 0) is 20.8 Å². The van der Waals surface area contributed by atoms with E-state index in [9.17, 15) is 9.59 Å². The Kier molecular flexibility index (Phi) is 8.13. The maximum atomic E-state index is 12.4. The normalized spacial score (nSPS) is 10.9. The molecule has 0 atom stereocenters. The zero-order chi connectivity index (χ0) is 20.0. The van der Waals surface area contributed by atoms with Gasteiger partial charge in [-0.25, -0.2) is 0 Å². The van der Waals surface area contributed by atoms with Gasteiger partial charge >= 0.3 is 5.97 Å². The highest BCUT2D eigenvalue weighted by atomic mass is 79.9. The number of esters is 1. The summed E-state index contributed by atoms with van der Waals surface area (Å²) in [5, 5.41) is 0. The first-order valence-electron chi connectivity index (χ1n) is 8.57. The summed E-state index contributed by atoms with van der Waals surface area (Å²) >= 11 is 4.82. The van der Waals surface area contributed by atoms with Gasteiger partial charge in [0.2, 0.25) is 5.78 Å². The number of rotatable bonds is 9. The molecule has 0 unspecified atom stereocenters. The van der Waals surface area contributed by atoms with Gasteiger partial charge in [-0.3, -0.25) is 9.59 Å². The lowest BCUT2D eigenvalue weighted by Gasteiger charge is -2.09. The van der Waals surface area contributed by atoms with E-state index in [1.54, 1.807) is 7.11 Å². The Labute approximate surface area is 172 Å². The van der Waals surface area contributed by atoms with E-state index < -0.39 is 5.97 Å². The van der Waals surface area contributed by atoms with Crippen LogP contribution < -0.4 is 0 Å². The summed E-state index contributed by atoms with van der Waals surface area (Å²) in [7, 11) is 1.65. The quantitative estimate of drug-likeness (QED) is 0.321. The number of ketones is 1. The molecule has 0 aliphatic carbocycles. The minimum Gasteiger partial charge on any atom is -0.457 e. The fraction of sp³-hybridized carbons (Fsp3) is 0.400. The molecule has 1 heterocycles. The third kappa shape index (κ3) is 5.96. The molecule has 2 aromatic rings. The van der Waals surface area contributed by atoms with Crippen molar-refractivity contribution in [2.75, 3.05) is 26.1 Å². The van der Waals surface area contributed by atoms with Crippen LogP contribution in [0.15, 0.2) is 33.6 Å². The van der Waals surface area contributed by atoms with Gasteiger partial charge in [-0.2, -0.15) is 0 Å². The van der Waals surface area contributed by atoms with Crippen molar-refractivity contribution in [3.8, 4) is 0 Å². The highest BCUT2D eigenvalue weighted by molar-refractivity contribution is 9.10. The van der Waals surface area contributed by atoms with Gasteiger partial charge in [0.1, 0.15) is 0 Å².